The van der Waals surface area contributed by atoms with Crippen LogP contribution in [-0.4, -0.2) is 13.1 Å². The zero-order valence-electron chi connectivity index (χ0n) is 11.7. The molecule has 21 heavy (non-hydrogen) atoms. The number of thioether (sulfide) groups is 1. The van der Waals surface area contributed by atoms with Crippen LogP contribution >= 0.6 is 11.8 Å². The molecule has 2 aromatic carbocycles. The molecule has 0 saturated heterocycles. The molecule has 0 aliphatic heterocycles. The van der Waals surface area contributed by atoms with Crippen LogP contribution in [0.3, 0.4) is 0 Å². The van der Waals surface area contributed by atoms with E-state index in [1.165, 1.54) is 7.11 Å². The highest BCUT2D eigenvalue weighted by atomic mass is 32.2. The maximum absolute atomic E-state index is 11.5. The maximum atomic E-state index is 11.5. The number of rotatable bonds is 5. The van der Waals surface area contributed by atoms with Gasteiger partial charge in [0.25, 0.3) is 0 Å². The monoisotopic (exact) mass is 297 g/mol. The summed E-state index contributed by atoms with van der Waals surface area (Å²) in [4.78, 5) is 11.5. The number of carbonyl (C=O) groups is 1. The molecule has 0 heterocycles. The molecule has 0 N–H and O–H groups in total. The average Bonchev–Trinajstić information content (AvgIpc) is 2.54. The average molecular weight is 297 g/mol. The number of esters is 1. The molecule has 4 heteroatoms. The molecule has 2 rings (SSSR count). The second kappa shape index (κ2) is 7.51. The third-order valence-electron chi connectivity index (χ3n) is 2.94. The molecule has 0 aromatic heterocycles. The van der Waals surface area contributed by atoms with Crippen molar-refractivity contribution < 1.29 is 9.53 Å². The molecular formula is C17H15NO2S. The zero-order valence-corrected chi connectivity index (χ0v) is 12.5. The third kappa shape index (κ3) is 4.37. The van der Waals surface area contributed by atoms with Crippen molar-refractivity contribution in [2.75, 3.05) is 7.11 Å². The normalized spacial score (nSPS) is 9.90. The largest absolute Gasteiger partial charge is 0.465 e. The van der Waals surface area contributed by atoms with Crippen molar-refractivity contribution in [1.82, 2.24) is 0 Å². The first kappa shape index (κ1) is 15.1. The predicted octanol–water partition coefficient (Wildman–Crippen LogP) is 3.78. The van der Waals surface area contributed by atoms with E-state index in [0.717, 1.165) is 22.6 Å². The van der Waals surface area contributed by atoms with Gasteiger partial charge in [-0.15, -0.1) is 0 Å². The quantitative estimate of drug-likeness (QED) is 0.788. The summed E-state index contributed by atoms with van der Waals surface area (Å²) in [5, 5.41) is 8.87. The topological polar surface area (TPSA) is 50.1 Å². The van der Waals surface area contributed by atoms with Gasteiger partial charge in [-0.05, 0) is 35.4 Å². The minimum atomic E-state index is -0.316. The fourth-order valence-electron chi connectivity index (χ4n) is 1.92. The van der Waals surface area contributed by atoms with Crippen LogP contribution in [0.2, 0.25) is 0 Å². The van der Waals surface area contributed by atoms with Gasteiger partial charge in [-0.2, -0.15) is 17.0 Å². The summed E-state index contributed by atoms with van der Waals surface area (Å²) < 4.78 is 4.71. The lowest BCUT2D eigenvalue weighted by atomic mass is 10.1. The van der Waals surface area contributed by atoms with Crippen LogP contribution in [0.1, 0.15) is 27.0 Å². The summed E-state index contributed by atoms with van der Waals surface area (Å²) in [7, 11) is 1.38. The van der Waals surface area contributed by atoms with Crippen LogP contribution in [0.4, 0.5) is 0 Å². The van der Waals surface area contributed by atoms with E-state index in [-0.39, 0.29) is 5.97 Å². The first-order valence-electron chi connectivity index (χ1n) is 6.47. The molecule has 0 saturated carbocycles. The SMILES string of the molecule is COC(=O)c1cccc(CSCc2cccc(C#N)c2)c1. The maximum Gasteiger partial charge on any atom is 0.337 e. The van der Waals surface area contributed by atoms with Gasteiger partial charge in [0.05, 0.1) is 24.3 Å². The first-order chi connectivity index (χ1) is 10.2. The minimum absolute atomic E-state index is 0.316. The summed E-state index contributed by atoms with van der Waals surface area (Å²) >= 11 is 1.75. The third-order valence-corrected chi connectivity index (χ3v) is 4.02. The highest BCUT2D eigenvalue weighted by Crippen LogP contribution is 2.19. The van der Waals surface area contributed by atoms with Crippen LogP contribution in [0.15, 0.2) is 48.5 Å². The first-order valence-corrected chi connectivity index (χ1v) is 7.62. The van der Waals surface area contributed by atoms with Crippen molar-refractivity contribution >= 4 is 17.7 Å². The van der Waals surface area contributed by atoms with Gasteiger partial charge in [0, 0.05) is 11.5 Å². The van der Waals surface area contributed by atoms with Crippen molar-refractivity contribution in [2.24, 2.45) is 0 Å². The van der Waals surface area contributed by atoms with Gasteiger partial charge < -0.3 is 4.74 Å². The predicted molar refractivity (Wildman–Crippen MR) is 83.9 cm³/mol. The van der Waals surface area contributed by atoms with Gasteiger partial charge >= 0.3 is 5.97 Å². The Labute approximate surface area is 128 Å². The molecular weight excluding hydrogens is 282 g/mol. The van der Waals surface area contributed by atoms with Gasteiger partial charge in [0.2, 0.25) is 0 Å². The van der Waals surface area contributed by atoms with E-state index < -0.39 is 0 Å². The van der Waals surface area contributed by atoms with Crippen LogP contribution in [0.25, 0.3) is 0 Å². The number of hydrogen-bond donors (Lipinski definition) is 0. The smallest absolute Gasteiger partial charge is 0.337 e. The van der Waals surface area contributed by atoms with Gasteiger partial charge in [-0.1, -0.05) is 24.3 Å². The minimum Gasteiger partial charge on any atom is -0.465 e. The fourth-order valence-corrected chi connectivity index (χ4v) is 2.86. The van der Waals surface area contributed by atoms with Crippen LogP contribution in [0.5, 0.6) is 0 Å². The Kier molecular flexibility index (Phi) is 5.42. The van der Waals surface area contributed by atoms with Crippen LogP contribution in [0, 0.1) is 11.3 Å². The van der Waals surface area contributed by atoms with E-state index in [0.29, 0.717) is 11.1 Å². The van der Waals surface area contributed by atoms with Crippen molar-refractivity contribution in [2.45, 2.75) is 11.5 Å². The lowest BCUT2D eigenvalue weighted by Gasteiger charge is -2.05. The molecule has 0 amide bonds. The van der Waals surface area contributed by atoms with E-state index >= 15 is 0 Å². The number of methoxy groups -OCH3 is 1. The van der Waals surface area contributed by atoms with E-state index in [4.69, 9.17) is 10.00 Å². The van der Waals surface area contributed by atoms with Gasteiger partial charge in [-0.25, -0.2) is 4.79 Å². The molecule has 0 aliphatic carbocycles. The number of nitriles is 1. The Morgan fingerprint density at radius 1 is 1.14 bits per heavy atom. The second-order valence-corrected chi connectivity index (χ2v) is 5.48. The molecule has 2 aromatic rings. The summed E-state index contributed by atoms with van der Waals surface area (Å²) in [6.45, 7) is 0. The molecule has 0 radical (unpaired) electrons. The Hall–Kier alpha value is -2.25. The highest BCUT2D eigenvalue weighted by molar-refractivity contribution is 7.97. The van der Waals surface area contributed by atoms with Gasteiger partial charge in [0.15, 0.2) is 0 Å². The Bertz CT molecular complexity index is 676. The standard InChI is InChI=1S/C17H15NO2S/c1-20-17(19)16-7-3-6-15(9-16)12-21-11-14-5-2-4-13(8-14)10-18/h2-9H,11-12H2,1H3. The summed E-state index contributed by atoms with van der Waals surface area (Å²) in [5.74, 6) is 1.32. The molecule has 0 atom stereocenters. The number of ether oxygens (including phenoxy) is 1. The Morgan fingerprint density at radius 3 is 2.48 bits per heavy atom. The van der Waals surface area contributed by atoms with Crippen molar-refractivity contribution in [3.05, 3.63) is 70.8 Å². The van der Waals surface area contributed by atoms with Gasteiger partial charge in [-0.3, -0.25) is 0 Å². The van der Waals surface area contributed by atoms with Crippen molar-refractivity contribution in [1.29, 1.82) is 5.26 Å². The summed E-state index contributed by atoms with van der Waals surface area (Å²) in [6.07, 6.45) is 0. The van der Waals surface area contributed by atoms with Gasteiger partial charge in [0.1, 0.15) is 0 Å². The number of hydrogen-bond acceptors (Lipinski definition) is 4. The lowest BCUT2D eigenvalue weighted by Crippen LogP contribution is -2.01. The molecule has 0 bridgehead atoms. The number of carbonyl (C=O) groups excluding carboxylic acids is 1. The molecule has 0 aliphatic rings. The summed E-state index contributed by atoms with van der Waals surface area (Å²) in [6, 6.07) is 17.2. The fraction of sp³-hybridized carbons (Fsp3) is 0.176. The van der Waals surface area contributed by atoms with Crippen LogP contribution in [-0.2, 0) is 16.2 Å². The Balaban J connectivity index is 1.94. The molecule has 3 nitrogen and oxygen atoms in total. The zero-order chi connectivity index (χ0) is 15.1. The number of nitrogens with zero attached hydrogens (tertiary/aromatic N) is 1. The van der Waals surface area contributed by atoms with E-state index in [1.54, 1.807) is 23.9 Å². The van der Waals surface area contributed by atoms with Crippen molar-refractivity contribution in [3.8, 4) is 6.07 Å². The molecule has 0 spiro atoms. The lowest BCUT2D eigenvalue weighted by molar-refractivity contribution is 0.0600. The van der Waals surface area contributed by atoms with Crippen molar-refractivity contribution in [3.63, 3.8) is 0 Å². The molecule has 106 valence electrons. The van der Waals surface area contributed by atoms with E-state index in [1.807, 2.05) is 36.4 Å². The molecule has 0 fully saturated rings. The Morgan fingerprint density at radius 2 is 1.81 bits per heavy atom. The van der Waals surface area contributed by atoms with E-state index in [2.05, 4.69) is 6.07 Å². The summed E-state index contributed by atoms with van der Waals surface area (Å²) in [5.41, 5.74) is 3.46. The van der Waals surface area contributed by atoms with E-state index in [9.17, 15) is 4.79 Å². The number of benzene rings is 2. The highest BCUT2D eigenvalue weighted by Gasteiger charge is 2.05. The molecule has 0 unspecified atom stereocenters. The second-order valence-electron chi connectivity index (χ2n) is 4.50. The van der Waals surface area contributed by atoms with Crippen LogP contribution < -0.4 is 0 Å².